The topological polar surface area (TPSA) is 41.6 Å². The van der Waals surface area contributed by atoms with Gasteiger partial charge in [-0.05, 0) is 58.5 Å². The van der Waals surface area contributed by atoms with Gasteiger partial charge in [-0.2, -0.15) is 0 Å². The molecule has 1 saturated carbocycles. The van der Waals surface area contributed by atoms with Crippen LogP contribution in [0.3, 0.4) is 0 Å². The molecule has 1 atom stereocenters. The van der Waals surface area contributed by atoms with Gasteiger partial charge in [0.05, 0.1) is 7.11 Å². The highest BCUT2D eigenvalue weighted by Crippen LogP contribution is 2.42. The largest absolute Gasteiger partial charge is 0.468 e. The number of hydrogen-bond donors (Lipinski definition) is 1. The molecule has 2 fully saturated rings. The Bertz CT molecular complexity index is 339. The lowest BCUT2D eigenvalue weighted by Crippen LogP contribution is -2.62. The molecule has 4 heteroatoms. The van der Waals surface area contributed by atoms with Crippen LogP contribution in [0.2, 0.25) is 0 Å². The second-order valence-corrected chi connectivity index (χ2v) is 6.61. The van der Waals surface area contributed by atoms with Gasteiger partial charge in [-0.25, -0.2) is 4.79 Å². The number of likely N-dealkylation sites (tertiary alicyclic amines) is 1. The molecule has 110 valence electrons. The molecule has 1 unspecified atom stereocenters. The summed E-state index contributed by atoms with van der Waals surface area (Å²) in [5.74, 6) is 0.357. The van der Waals surface area contributed by atoms with Gasteiger partial charge in [0.2, 0.25) is 0 Å². The van der Waals surface area contributed by atoms with Crippen molar-refractivity contribution in [1.29, 1.82) is 0 Å². The highest BCUT2D eigenvalue weighted by molar-refractivity contribution is 5.82. The smallest absolute Gasteiger partial charge is 0.327 e. The first-order valence-corrected chi connectivity index (χ1v) is 7.55. The molecule has 0 aromatic heterocycles. The van der Waals surface area contributed by atoms with Crippen molar-refractivity contribution in [2.24, 2.45) is 5.92 Å². The molecular formula is C15H28N2O2. The number of methoxy groups -OCH3 is 1. The number of likely N-dealkylation sites (N-methyl/N-ethyl adjacent to an activating group) is 1. The predicted octanol–water partition coefficient (Wildman–Crippen LogP) is 1.79. The van der Waals surface area contributed by atoms with E-state index in [0.717, 1.165) is 32.5 Å². The Morgan fingerprint density at radius 2 is 2.16 bits per heavy atom. The highest BCUT2D eigenvalue weighted by Gasteiger charge is 2.53. The highest BCUT2D eigenvalue weighted by atomic mass is 16.5. The molecule has 4 nitrogen and oxygen atoms in total. The number of carbonyl (C=O) groups excluding carboxylic acids is 1. The van der Waals surface area contributed by atoms with Gasteiger partial charge in [-0.15, -0.1) is 0 Å². The zero-order valence-corrected chi connectivity index (χ0v) is 12.8. The van der Waals surface area contributed by atoms with E-state index in [1.54, 1.807) is 0 Å². The van der Waals surface area contributed by atoms with E-state index in [1.165, 1.54) is 20.0 Å². The third kappa shape index (κ3) is 2.79. The lowest BCUT2D eigenvalue weighted by atomic mass is 9.90. The van der Waals surface area contributed by atoms with E-state index in [-0.39, 0.29) is 11.5 Å². The fraction of sp³-hybridized carbons (Fsp3) is 0.933. The molecule has 0 amide bonds. The number of ether oxygens (including phenoxy) is 1. The average Bonchev–Trinajstić information content (AvgIpc) is 3.15. The lowest BCUT2D eigenvalue weighted by Gasteiger charge is -2.40. The van der Waals surface area contributed by atoms with Crippen LogP contribution >= 0.6 is 0 Å². The molecule has 1 aliphatic heterocycles. The summed E-state index contributed by atoms with van der Waals surface area (Å²) in [7, 11) is 1.51. The Labute approximate surface area is 116 Å². The van der Waals surface area contributed by atoms with Crippen LogP contribution in [-0.4, -0.2) is 48.7 Å². The quantitative estimate of drug-likeness (QED) is 0.746. The standard InChI is InChI=1S/C15H28N2O2/c1-5-16-15(12-7-8-12,13(18)19-4)11-17-10-6-9-14(17,2)3/h12,16H,5-11H2,1-4H3. The molecule has 0 spiro atoms. The third-order valence-electron chi connectivity index (χ3n) is 4.83. The number of carbonyl (C=O) groups is 1. The van der Waals surface area contributed by atoms with E-state index in [1.807, 2.05) is 0 Å². The molecule has 0 radical (unpaired) electrons. The number of nitrogens with one attached hydrogen (secondary N) is 1. The van der Waals surface area contributed by atoms with Crippen LogP contribution in [-0.2, 0) is 9.53 Å². The Hall–Kier alpha value is -0.610. The molecule has 2 aliphatic rings. The number of esters is 1. The van der Waals surface area contributed by atoms with Crippen molar-refractivity contribution in [3.05, 3.63) is 0 Å². The van der Waals surface area contributed by atoms with Crippen LogP contribution in [0, 0.1) is 5.92 Å². The number of hydrogen-bond acceptors (Lipinski definition) is 4. The third-order valence-corrected chi connectivity index (χ3v) is 4.83. The fourth-order valence-electron chi connectivity index (χ4n) is 3.46. The Kier molecular flexibility index (Phi) is 4.21. The zero-order valence-electron chi connectivity index (χ0n) is 12.8. The monoisotopic (exact) mass is 268 g/mol. The number of rotatable bonds is 6. The van der Waals surface area contributed by atoms with Crippen molar-refractivity contribution >= 4 is 5.97 Å². The summed E-state index contributed by atoms with van der Waals surface area (Å²) < 4.78 is 5.12. The zero-order chi connectivity index (χ0) is 14.1. The van der Waals surface area contributed by atoms with Gasteiger partial charge in [0.25, 0.3) is 0 Å². The maximum absolute atomic E-state index is 12.4. The van der Waals surface area contributed by atoms with Crippen molar-refractivity contribution in [1.82, 2.24) is 10.2 Å². The van der Waals surface area contributed by atoms with Crippen LogP contribution in [0.15, 0.2) is 0 Å². The van der Waals surface area contributed by atoms with Crippen LogP contribution < -0.4 is 5.32 Å². The minimum absolute atomic E-state index is 0.0837. The van der Waals surface area contributed by atoms with Crippen molar-refractivity contribution in [2.45, 2.75) is 57.5 Å². The van der Waals surface area contributed by atoms with Gasteiger partial charge >= 0.3 is 5.97 Å². The summed E-state index contributed by atoms with van der Waals surface area (Å²) in [5.41, 5.74) is -0.297. The predicted molar refractivity (Wildman–Crippen MR) is 76.0 cm³/mol. The van der Waals surface area contributed by atoms with Gasteiger partial charge < -0.3 is 10.1 Å². The van der Waals surface area contributed by atoms with E-state index < -0.39 is 5.54 Å². The maximum Gasteiger partial charge on any atom is 0.327 e. The molecule has 0 aromatic rings. The van der Waals surface area contributed by atoms with Gasteiger partial charge in [-0.3, -0.25) is 4.90 Å². The second kappa shape index (κ2) is 5.41. The summed E-state index contributed by atoms with van der Waals surface area (Å²) in [6, 6.07) is 0. The van der Waals surface area contributed by atoms with E-state index >= 15 is 0 Å². The maximum atomic E-state index is 12.4. The molecule has 1 aliphatic carbocycles. The van der Waals surface area contributed by atoms with E-state index in [2.05, 4.69) is 31.0 Å². The average molecular weight is 268 g/mol. The normalized spacial score (nSPS) is 26.1. The van der Waals surface area contributed by atoms with Gasteiger partial charge in [-0.1, -0.05) is 6.92 Å². The Morgan fingerprint density at radius 3 is 2.58 bits per heavy atom. The summed E-state index contributed by atoms with van der Waals surface area (Å²) in [6.07, 6.45) is 4.70. The Balaban J connectivity index is 2.19. The molecule has 1 N–H and O–H groups in total. The fourth-order valence-corrected chi connectivity index (χ4v) is 3.46. The first kappa shape index (κ1) is 14.8. The van der Waals surface area contributed by atoms with Crippen LogP contribution in [0.5, 0.6) is 0 Å². The second-order valence-electron chi connectivity index (χ2n) is 6.61. The summed E-state index contributed by atoms with van der Waals surface area (Å²) in [4.78, 5) is 14.9. The molecule has 1 saturated heterocycles. The first-order chi connectivity index (χ1) is 8.96. The van der Waals surface area contributed by atoms with Gasteiger partial charge in [0.15, 0.2) is 0 Å². The van der Waals surface area contributed by atoms with Crippen LogP contribution in [0.1, 0.15) is 46.5 Å². The van der Waals surface area contributed by atoms with Crippen molar-refractivity contribution in [2.75, 3.05) is 26.7 Å². The van der Waals surface area contributed by atoms with Crippen molar-refractivity contribution in [3.8, 4) is 0 Å². The summed E-state index contributed by atoms with van der Waals surface area (Å²) in [6.45, 7) is 9.30. The van der Waals surface area contributed by atoms with Crippen LogP contribution in [0.4, 0.5) is 0 Å². The summed E-state index contributed by atoms with van der Waals surface area (Å²) >= 11 is 0. The van der Waals surface area contributed by atoms with E-state index in [4.69, 9.17) is 4.74 Å². The first-order valence-electron chi connectivity index (χ1n) is 7.55. The SMILES string of the molecule is CCNC(CN1CCCC1(C)C)(C(=O)OC)C1CC1. The molecule has 0 aromatic carbocycles. The van der Waals surface area contributed by atoms with E-state index in [0.29, 0.717) is 5.92 Å². The Morgan fingerprint density at radius 1 is 1.47 bits per heavy atom. The van der Waals surface area contributed by atoms with Crippen molar-refractivity contribution in [3.63, 3.8) is 0 Å². The van der Waals surface area contributed by atoms with E-state index in [9.17, 15) is 4.79 Å². The van der Waals surface area contributed by atoms with Gasteiger partial charge in [0.1, 0.15) is 5.54 Å². The molecule has 0 bridgehead atoms. The number of nitrogens with zero attached hydrogens (tertiary/aromatic N) is 1. The van der Waals surface area contributed by atoms with Crippen LogP contribution in [0.25, 0.3) is 0 Å². The molecular weight excluding hydrogens is 240 g/mol. The molecule has 1 heterocycles. The molecule has 2 rings (SSSR count). The minimum atomic E-state index is -0.495. The molecule has 19 heavy (non-hydrogen) atoms. The lowest BCUT2D eigenvalue weighted by molar-refractivity contribution is -0.151. The summed E-state index contributed by atoms with van der Waals surface area (Å²) in [5, 5.41) is 3.46. The van der Waals surface area contributed by atoms with Gasteiger partial charge in [0, 0.05) is 12.1 Å². The minimum Gasteiger partial charge on any atom is -0.468 e. The van der Waals surface area contributed by atoms with Crippen molar-refractivity contribution < 1.29 is 9.53 Å².